The van der Waals surface area contributed by atoms with Gasteiger partial charge in [-0.15, -0.1) is 0 Å². The second-order valence-electron chi connectivity index (χ2n) is 6.50. The van der Waals surface area contributed by atoms with Crippen LogP contribution in [0.25, 0.3) is 0 Å². The van der Waals surface area contributed by atoms with Crippen molar-refractivity contribution in [3.8, 4) is 5.75 Å². The Labute approximate surface area is 153 Å². The summed E-state index contributed by atoms with van der Waals surface area (Å²) in [6.45, 7) is 7.62. The number of ether oxygens (including phenoxy) is 1. The molecule has 140 valence electrons. The maximum Gasteiger partial charge on any atom is 0.335 e. The fourth-order valence-electron chi connectivity index (χ4n) is 2.75. The van der Waals surface area contributed by atoms with Crippen LogP contribution in [-0.2, 0) is 18.3 Å². The third-order valence-corrected chi connectivity index (χ3v) is 4.12. The van der Waals surface area contributed by atoms with Crippen molar-refractivity contribution in [3.05, 3.63) is 40.7 Å². The minimum atomic E-state index is -1.06. The van der Waals surface area contributed by atoms with Gasteiger partial charge in [0.05, 0.1) is 23.0 Å². The average Bonchev–Trinajstić information content (AvgIpc) is 2.79. The first-order valence-electron chi connectivity index (χ1n) is 8.52. The first-order valence-corrected chi connectivity index (χ1v) is 8.52. The fraction of sp³-hybridized carbons (Fsp3) is 0.421. The number of hydrogen-bond donors (Lipinski definition) is 2. The van der Waals surface area contributed by atoms with Crippen LogP contribution in [-0.4, -0.2) is 32.9 Å². The molecule has 7 heteroatoms. The highest BCUT2D eigenvalue weighted by molar-refractivity contribution is 5.95. The molecule has 2 N–H and O–H groups in total. The molecule has 0 aliphatic carbocycles. The van der Waals surface area contributed by atoms with Crippen molar-refractivity contribution in [2.75, 3.05) is 5.32 Å². The Kier molecular flexibility index (Phi) is 6.02. The second kappa shape index (κ2) is 8.03. The monoisotopic (exact) mass is 359 g/mol. The molecule has 2 rings (SSSR count). The number of carbonyl (C=O) groups is 2. The standard InChI is InChI=1S/C19H25N3O4/c1-11(2)26-17-8-6-14(19(24)25)10-16(17)20-18(23)9-7-15-12(3)21-22(5)13(15)4/h6,8,10-11H,7,9H2,1-5H3,(H,20,23)(H,24,25). The Bertz CT molecular complexity index is 824. The summed E-state index contributed by atoms with van der Waals surface area (Å²) < 4.78 is 7.46. The number of aromatic nitrogens is 2. The van der Waals surface area contributed by atoms with Crippen LogP contribution >= 0.6 is 0 Å². The summed E-state index contributed by atoms with van der Waals surface area (Å²) in [6, 6.07) is 4.44. The number of benzene rings is 1. The fourth-order valence-corrected chi connectivity index (χ4v) is 2.75. The number of hydrogen-bond acceptors (Lipinski definition) is 4. The highest BCUT2D eigenvalue weighted by atomic mass is 16.5. The number of nitrogens with one attached hydrogen (secondary N) is 1. The van der Waals surface area contributed by atoms with Gasteiger partial charge in [0.25, 0.3) is 0 Å². The van der Waals surface area contributed by atoms with Crippen LogP contribution < -0.4 is 10.1 Å². The predicted octanol–water partition coefficient (Wildman–Crippen LogP) is 3.09. The zero-order valence-corrected chi connectivity index (χ0v) is 15.8. The van der Waals surface area contributed by atoms with Gasteiger partial charge < -0.3 is 15.2 Å². The van der Waals surface area contributed by atoms with Crippen molar-refractivity contribution in [1.82, 2.24) is 9.78 Å². The quantitative estimate of drug-likeness (QED) is 0.792. The van der Waals surface area contributed by atoms with E-state index in [0.29, 0.717) is 17.9 Å². The zero-order valence-electron chi connectivity index (χ0n) is 15.8. The zero-order chi connectivity index (χ0) is 19.4. The molecule has 2 aromatic rings. The van der Waals surface area contributed by atoms with E-state index in [4.69, 9.17) is 9.84 Å². The van der Waals surface area contributed by atoms with E-state index in [9.17, 15) is 9.59 Å². The van der Waals surface area contributed by atoms with Gasteiger partial charge >= 0.3 is 5.97 Å². The van der Waals surface area contributed by atoms with Gasteiger partial charge in [0.1, 0.15) is 5.75 Å². The van der Waals surface area contributed by atoms with Crippen molar-refractivity contribution in [2.24, 2.45) is 7.05 Å². The summed E-state index contributed by atoms with van der Waals surface area (Å²) in [4.78, 5) is 23.6. The van der Waals surface area contributed by atoms with E-state index in [0.717, 1.165) is 17.0 Å². The van der Waals surface area contributed by atoms with Crippen LogP contribution in [0, 0.1) is 13.8 Å². The molecule has 1 aromatic heterocycles. The lowest BCUT2D eigenvalue weighted by Crippen LogP contribution is -2.16. The topological polar surface area (TPSA) is 93.5 Å². The molecule has 26 heavy (non-hydrogen) atoms. The maximum atomic E-state index is 12.4. The molecule has 0 atom stereocenters. The molecular formula is C19H25N3O4. The van der Waals surface area contributed by atoms with Crippen molar-refractivity contribution in [2.45, 2.75) is 46.6 Å². The number of carboxylic acid groups (broad SMARTS) is 1. The van der Waals surface area contributed by atoms with Gasteiger partial charge in [0.2, 0.25) is 5.91 Å². The Morgan fingerprint density at radius 3 is 2.54 bits per heavy atom. The smallest absolute Gasteiger partial charge is 0.335 e. The number of anilines is 1. The number of aryl methyl sites for hydroxylation is 2. The average molecular weight is 359 g/mol. The van der Waals surface area contributed by atoms with Crippen LogP contribution in [0.15, 0.2) is 18.2 Å². The van der Waals surface area contributed by atoms with Crippen LogP contribution in [0.3, 0.4) is 0 Å². The maximum absolute atomic E-state index is 12.4. The summed E-state index contributed by atoms with van der Waals surface area (Å²) >= 11 is 0. The molecule has 0 aliphatic rings. The molecule has 1 amide bonds. The van der Waals surface area contributed by atoms with E-state index in [-0.39, 0.29) is 24.0 Å². The van der Waals surface area contributed by atoms with Gasteiger partial charge in [0.15, 0.2) is 0 Å². The summed E-state index contributed by atoms with van der Waals surface area (Å²) in [5.41, 5.74) is 3.46. The van der Waals surface area contributed by atoms with Gasteiger partial charge in [-0.05, 0) is 57.9 Å². The molecule has 0 fully saturated rings. The minimum Gasteiger partial charge on any atom is -0.489 e. The second-order valence-corrected chi connectivity index (χ2v) is 6.50. The van der Waals surface area contributed by atoms with E-state index in [2.05, 4.69) is 10.4 Å². The third-order valence-electron chi connectivity index (χ3n) is 4.12. The molecule has 1 heterocycles. The number of amides is 1. The third kappa shape index (κ3) is 4.62. The van der Waals surface area contributed by atoms with Crippen LogP contribution in [0.2, 0.25) is 0 Å². The van der Waals surface area contributed by atoms with Gasteiger partial charge in [-0.1, -0.05) is 0 Å². The van der Waals surface area contributed by atoms with Crippen molar-refractivity contribution >= 4 is 17.6 Å². The van der Waals surface area contributed by atoms with Gasteiger partial charge in [-0.2, -0.15) is 5.10 Å². The van der Waals surface area contributed by atoms with E-state index in [1.54, 1.807) is 10.7 Å². The van der Waals surface area contributed by atoms with Crippen molar-refractivity contribution < 1.29 is 19.4 Å². The molecule has 0 saturated carbocycles. The molecule has 0 radical (unpaired) electrons. The summed E-state index contributed by atoms with van der Waals surface area (Å²) in [5.74, 6) is -0.811. The van der Waals surface area contributed by atoms with Gasteiger partial charge in [-0.3, -0.25) is 9.48 Å². The molecule has 0 bridgehead atoms. The number of aromatic carboxylic acids is 1. The lowest BCUT2D eigenvalue weighted by molar-refractivity contribution is -0.116. The minimum absolute atomic E-state index is 0.0929. The normalized spacial score (nSPS) is 10.8. The number of carboxylic acids is 1. The lowest BCUT2D eigenvalue weighted by atomic mass is 10.1. The molecule has 0 spiro atoms. The SMILES string of the molecule is Cc1nn(C)c(C)c1CCC(=O)Nc1cc(C(=O)O)ccc1OC(C)C. The van der Waals surface area contributed by atoms with Crippen LogP contribution in [0.4, 0.5) is 5.69 Å². The van der Waals surface area contributed by atoms with Crippen molar-refractivity contribution in [1.29, 1.82) is 0 Å². The molecular weight excluding hydrogens is 334 g/mol. The van der Waals surface area contributed by atoms with Crippen molar-refractivity contribution in [3.63, 3.8) is 0 Å². The van der Waals surface area contributed by atoms with E-state index in [1.807, 2.05) is 34.7 Å². The predicted molar refractivity (Wildman–Crippen MR) is 98.8 cm³/mol. The first kappa shape index (κ1) is 19.5. The Balaban J connectivity index is 2.13. The van der Waals surface area contributed by atoms with E-state index < -0.39 is 5.97 Å². The molecule has 7 nitrogen and oxygen atoms in total. The molecule has 0 aliphatic heterocycles. The van der Waals surface area contributed by atoms with Gasteiger partial charge in [0, 0.05) is 19.2 Å². The highest BCUT2D eigenvalue weighted by Crippen LogP contribution is 2.27. The van der Waals surface area contributed by atoms with Crippen LogP contribution in [0.5, 0.6) is 5.75 Å². The summed E-state index contributed by atoms with van der Waals surface area (Å²) in [6.07, 6.45) is 0.740. The Morgan fingerprint density at radius 2 is 2.00 bits per heavy atom. The van der Waals surface area contributed by atoms with E-state index >= 15 is 0 Å². The first-order chi connectivity index (χ1) is 12.2. The Morgan fingerprint density at radius 1 is 1.31 bits per heavy atom. The summed E-state index contributed by atoms with van der Waals surface area (Å²) in [7, 11) is 1.87. The Hall–Kier alpha value is -2.83. The highest BCUT2D eigenvalue weighted by Gasteiger charge is 2.15. The van der Waals surface area contributed by atoms with Gasteiger partial charge in [-0.25, -0.2) is 4.79 Å². The molecule has 0 unspecified atom stereocenters. The number of nitrogens with zero attached hydrogens (tertiary/aromatic N) is 2. The number of carbonyl (C=O) groups excluding carboxylic acids is 1. The molecule has 1 aromatic carbocycles. The van der Waals surface area contributed by atoms with E-state index in [1.165, 1.54) is 12.1 Å². The van der Waals surface area contributed by atoms with Crippen LogP contribution in [0.1, 0.15) is 47.6 Å². The number of rotatable bonds is 7. The lowest BCUT2D eigenvalue weighted by Gasteiger charge is -2.15. The largest absolute Gasteiger partial charge is 0.489 e. The summed E-state index contributed by atoms with van der Waals surface area (Å²) in [5, 5.41) is 16.3. The molecule has 0 saturated heterocycles.